The third-order valence-electron chi connectivity index (χ3n) is 3.02. The highest BCUT2D eigenvalue weighted by Crippen LogP contribution is 2.23. The number of allylic oxidation sites excluding steroid dienone is 2. The average Bonchev–Trinajstić information content (AvgIpc) is 2.59. The summed E-state index contributed by atoms with van der Waals surface area (Å²) in [7, 11) is 0. The maximum atomic E-state index is 2.44. The van der Waals surface area contributed by atoms with Gasteiger partial charge in [0, 0.05) is 17.1 Å². The summed E-state index contributed by atoms with van der Waals surface area (Å²) >= 11 is 0. The number of hydrogen-bond donors (Lipinski definition) is 0. The van der Waals surface area contributed by atoms with E-state index in [1.165, 1.54) is 49.2 Å². The summed E-state index contributed by atoms with van der Waals surface area (Å²) in [6.45, 7) is 4.47. The second kappa shape index (κ2) is 4.04. The van der Waals surface area contributed by atoms with Crippen LogP contribution in [0.3, 0.4) is 0 Å². The van der Waals surface area contributed by atoms with Crippen molar-refractivity contribution in [3.63, 3.8) is 0 Å². The van der Waals surface area contributed by atoms with Crippen molar-refractivity contribution in [2.45, 2.75) is 46.0 Å². The van der Waals surface area contributed by atoms with Crippen LogP contribution in [0.2, 0.25) is 0 Å². The fourth-order valence-corrected chi connectivity index (χ4v) is 2.25. The van der Waals surface area contributed by atoms with Gasteiger partial charge in [-0.1, -0.05) is 19.4 Å². The van der Waals surface area contributed by atoms with E-state index < -0.39 is 0 Å². The minimum absolute atomic E-state index is 1.21. The van der Waals surface area contributed by atoms with Crippen molar-refractivity contribution < 1.29 is 0 Å². The first-order chi connectivity index (χ1) is 6.83. The molecular weight excluding hydrogens is 170 g/mol. The lowest BCUT2D eigenvalue weighted by Crippen LogP contribution is -2.08. The van der Waals surface area contributed by atoms with Crippen LogP contribution in [0.1, 0.15) is 44.5 Å². The van der Waals surface area contributed by atoms with E-state index in [4.69, 9.17) is 0 Å². The van der Waals surface area contributed by atoms with Gasteiger partial charge in [-0.05, 0) is 44.7 Å². The highest BCUT2D eigenvalue weighted by molar-refractivity contribution is 5.49. The van der Waals surface area contributed by atoms with E-state index in [1.807, 2.05) is 0 Å². The Morgan fingerprint density at radius 1 is 1.36 bits per heavy atom. The lowest BCUT2D eigenvalue weighted by molar-refractivity contribution is 0.740. The largest absolute Gasteiger partial charge is 0.322 e. The zero-order chi connectivity index (χ0) is 9.97. The van der Waals surface area contributed by atoms with Gasteiger partial charge in [0.1, 0.15) is 0 Å². The van der Waals surface area contributed by atoms with Crippen molar-refractivity contribution >= 4 is 5.70 Å². The smallest absolute Gasteiger partial charge is 0.0229 e. The molecule has 1 heteroatoms. The molecule has 0 spiro atoms. The van der Waals surface area contributed by atoms with Crippen LogP contribution in [-0.4, -0.2) is 4.57 Å². The van der Waals surface area contributed by atoms with E-state index in [0.29, 0.717) is 0 Å². The summed E-state index contributed by atoms with van der Waals surface area (Å²) in [5.74, 6) is 0. The van der Waals surface area contributed by atoms with E-state index >= 15 is 0 Å². The maximum Gasteiger partial charge on any atom is 0.0229 e. The molecular formula is C13H19N. The molecule has 0 radical (unpaired) electrons. The molecule has 0 aromatic carbocycles. The summed E-state index contributed by atoms with van der Waals surface area (Å²) in [4.78, 5) is 0. The summed E-state index contributed by atoms with van der Waals surface area (Å²) < 4.78 is 2.44. The number of nitrogens with zero attached hydrogens (tertiary/aromatic N) is 1. The van der Waals surface area contributed by atoms with Crippen molar-refractivity contribution in [2.75, 3.05) is 0 Å². The van der Waals surface area contributed by atoms with Crippen molar-refractivity contribution in [2.24, 2.45) is 0 Å². The third-order valence-corrected chi connectivity index (χ3v) is 3.02. The number of aryl methyl sites for hydroxylation is 2. The Morgan fingerprint density at radius 3 is 3.00 bits per heavy atom. The first-order valence-corrected chi connectivity index (χ1v) is 5.69. The lowest BCUT2D eigenvalue weighted by Gasteiger charge is -2.17. The van der Waals surface area contributed by atoms with Gasteiger partial charge in [-0.2, -0.15) is 0 Å². The maximum absolute atomic E-state index is 2.44. The van der Waals surface area contributed by atoms with Gasteiger partial charge in [0.2, 0.25) is 0 Å². The average molecular weight is 189 g/mol. The Bertz CT molecular complexity index is 344. The van der Waals surface area contributed by atoms with Gasteiger partial charge in [-0.3, -0.25) is 0 Å². The molecule has 76 valence electrons. The fraction of sp³-hybridized carbons (Fsp3) is 0.538. The van der Waals surface area contributed by atoms with E-state index in [0.717, 1.165) is 0 Å². The van der Waals surface area contributed by atoms with Crippen LogP contribution in [0, 0.1) is 0 Å². The Kier molecular flexibility index (Phi) is 2.76. The molecule has 0 atom stereocenters. The molecule has 0 saturated carbocycles. The van der Waals surface area contributed by atoms with Crippen molar-refractivity contribution in [1.82, 2.24) is 4.57 Å². The number of fused-ring (bicyclic) bond motifs is 1. The molecule has 2 heterocycles. The SMILES string of the molecule is CCCCc1ccc2n1C(C)=CCC2. The fourth-order valence-electron chi connectivity index (χ4n) is 2.25. The monoisotopic (exact) mass is 189 g/mol. The Hall–Kier alpha value is -0.980. The first kappa shape index (κ1) is 9.57. The van der Waals surface area contributed by atoms with Crippen LogP contribution < -0.4 is 0 Å². The summed E-state index contributed by atoms with van der Waals surface area (Å²) in [6, 6.07) is 4.59. The molecule has 14 heavy (non-hydrogen) atoms. The predicted octanol–water partition coefficient (Wildman–Crippen LogP) is 3.64. The summed E-state index contributed by atoms with van der Waals surface area (Å²) in [5, 5.41) is 0. The van der Waals surface area contributed by atoms with Crippen LogP contribution in [0.25, 0.3) is 5.70 Å². The topological polar surface area (TPSA) is 4.93 Å². The molecule has 0 amide bonds. The van der Waals surface area contributed by atoms with Crippen LogP contribution in [0.15, 0.2) is 18.2 Å². The van der Waals surface area contributed by atoms with Gasteiger partial charge in [0.25, 0.3) is 0 Å². The van der Waals surface area contributed by atoms with Crippen molar-refractivity contribution in [1.29, 1.82) is 0 Å². The van der Waals surface area contributed by atoms with Gasteiger partial charge < -0.3 is 4.57 Å². The molecule has 2 rings (SSSR count). The molecule has 1 nitrogen and oxygen atoms in total. The van der Waals surface area contributed by atoms with Crippen LogP contribution >= 0.6 is 0 Å². The van der Waals surface area contributed by atoms with Gasteiger partial charge >= 0.3 is 0 Å². The molecule has 0 unspecified atom stereocenters. The van der Waals surface area contributed by atoms with Gasteiger partial charge in [-0.15, -0.1) is 0 Å². The molecule has 0 N–H and O–H groups in total. The number of unbranched alkanes of at least 4 members (excludes halogenated alkanes) is 1. The number of rotatable bonds is 3. The Morgan fingerprint density at radius 2 is 2.21 bits per heavy atom. The van der Waals surface area contributed by atoms with E-state index in [-0.39, 0.29) is 0 Å². The Balaban J connectivity index is 2.27. The molecule has 1 aromatic rings. The third kappa shape index (κ3) is 1.63. The predicted molar refractivity (Wildman–Crippen MR) is 61.3 cm³/mol. The van der Waals surface area contributed by atoms with E-state index in [1.54, 1.807) is 0 Å². The standard InChI is InChI=1S/C13H19N/c1-3-4-7-12-9-10-13-8-5-6-11(2)14(12)13/h6,9-10H,3-5,7-8H2,1-2H3. The van der Waals surface area contributed by atoms with Gasteiger partial charge in [0.15, 0.2) is 0 Å². The van der Waals surface area contributed by atoms with Gasteiger partial charge in [-0.25, -0.2) is 0 Å². The second-order valence-electron chi connectivity index (χ2n) is 4.14. The molecule has 0 saturated heterocycles. The van der Waals surface area contributed by atoms with Crippen LogP contribution in [-0.2, 0) is 12.8 Å². The molecule has 0 aliphatic carbocycles. The van der Waals surface area contributed by atoms with Crippen molar-refractivity contribution in [3.8, 4) is 0 Å². The molecule has 0 bridgehead atoms. The Labute approximate surface area is 86.4 Å². The molecule has 1 aromatic heterocycles. The summed E-state index contributed by atoms with van der Waals surface area (Å²) in [5.41, 5.74) is 4.41. The van der Waals surface area contributed by atoms with Gasteiger partial charge in [0.05, 0.1) is 0 Å². The lowest BCUT2D eigenvalue weighted by atomic mass is 10.1. The minimum Gasteiger partial charge on any atom is -0.322 e. The first-order valence-electron chi connectivity index (χ1n) is 5.69. The van der Waals surface area contributed by atoms with Crippen LogP contribution in [0.4, 0.5) is 0 Å². The second-order valence-corrected chi connectivity index (χ2v) is 4.14. The minimum atomic E-state index is 1.21. The molecule has 0 fully saturated rings. The van der Waals surface area contributed by atoms with E-state index in [2.05, 4.69) is 36.6 Å². The number of hydrogen-bond acceptors (Lipinski definition) is 0. The normalized spacial score (nSPS) is 15.1. The highest BCUT2D eigenvalue weighted by Gasteiger charge is 2.11. The van der Waals surface area contributed by atoms with Crippen LogP contribution in [0.5, 0.6) is 0 Å². The zero-order valence-corrected chi connectivity index (χ0v) is 9.21. The summed E-state index contributed by atoms with van der Waals surface area (Å²) in [6.07, 6.45) is 8.58. The van der Waals surface area contributed by atoms with E-state index in [9.17, 15) is 0 Å². The quantitative estimate of drug-likeness (QED) is 0.684. The molecule has 1 aliphatic rings. The molecule has 1 aliphatic heterocycles. The highest BCUT2D eigenvalue weighted by atomic mass is 15.0. The number of aromatic nitrogens is 1. The van der Waals surface area contributed by atoms with Crippen molar-refractivity contribution in [3.05, 3.63) is 29.6 Å². The zero-order valence-electron chi connectivity index (χ0n) is 9.21.